The van der Waals surface area contributed by atoms with Crippen LogP contribution in [0.25, 0.3) is 16.8 Å². The highest BCUT2D eigenvalue weighted by atomic mass is 19.4. The van der Waals surface area contributed by atoms with Gasteiger partial charge in [-0.2, -0.15) is 22.8 Å². The summed E-state index contributed by atoms with van der Waals surface area (Å²) in [6.07, 6.45) is -4.66. The van der Waals surface area contributed by atoms with Crippen LogP contribution in [0, 0.1) is 13.8 Å². The van der Waals surface area contributed by atoms with E-state index >= 15 is 0 Å². The highest BCUT2D eigenvalue weighted by molar-refractivity contribution is 5.93. The molecular weight excluding hydrogens is 407 g/mol. The van der Waals surface area contributed by atoms with Crippen LogP contribution >= 0.6 is 0 Å². The van der Waals surface area contributed by atoms with E-state index in [1.165, 1.54) is 12.1 Å². The molecule has 0 radical (unpaired) electrons. The Labute approximate surface area is 175 Å². The van der Waals surface area contributed by atoms with E-state index in [0.717, 1.165) is 10.1 Å². The van der Waals surface area contributed by atoms with Crippen molar-refractivity contribution in [2.45, 2.75) is 20.0 Å². The zero-order valence-electron chi connectivity index (χ0n) is 16.7. The molecule has 0 saturated heterocycles. The molecule has 4 rings (SSSR count). The summed E-state index contributed by atoms with van der Waals surface area (Å²) in [5, 5.41) is 6.91. The van der Waals surface area contributed by atoms with Gasteiger partial charge in [0.25, 0.3) is 0 Å². The number of fused-ring (bicyclic) bond motifs is 1. The van der Waals surface area contributed by atoms with Gasteiger partial charge in [-0.3, -0.25) is 4.79 Å². The molecule has 0 aliphatic rings. The summed E-state index contributed by atoms with van der Waals surface area (Å²) in [6.45, 7) is 3.55. The van der Waals surface area contributed by atoms with Crippen molar-refractivity contribution in [2.24, 2.45) is 5.73 Å². The number of amides is 1. The van der Waals surface area contributed by atoms with E-state index in [1.54, 1.807) is 49.4 Å². The third-order valence-electron chi connectivity index (χ3n) is 4.77. The van der Waals surface area contributed by atoms with Crippen LogP contribution < -0.4 is 11.1 Å². The average Bonchev–Trinajstić information content (AvgIpc) is 3.09. The molecule has 2 heterocycles. The van der Waals surface area contributed by atoms with Crippen LogP contribution in [0.15, 0.2) is 54.6 Å². The molecule has 31 heavy (non-hydrogen) atoms. The third kappa shape index (κ3) is 3.94. The molecule has 2 aromatic carbocycles. The molecule has 0 fully saturated rings. The van der Waals surface area contributed by atoms with Crippen LogP contribution in [-0.4, -0.2) is 20.5 Å². The lowest BCUT2D eigenvalue weighted by Gasteiger charge is -2.10. The maximum atomic E-state index is 13.9. The summed E-state index contributed by atoms with van der Waals surface area (Å²) in [6, 6.07) is 14.6. The number of nitrogens with one attached hydrogen (secondary N) is 1. The van der Waals surface area contributed by atoms with E-state index in [9.17, 15) is 18.0 Å². The number of primary amides is 1. The molecule has 0 aliphatic carbocycles. The largest absolute Gasteiger partial charge is 0.435 e. The van der Waals surface area contributed by atoms with Crippen molar-refractivity contribution >= 4 is 23.1 Å². The number of aromatic nitrogens is 3. The first-order chi connectivity index (χ1) is 14.6. The normalized spacial score (nSPS) is 11.6. The molecule has 0 unspecified atom stereocenters. The van der Waals surface area contributed by atoms with E-state index in [1.807, 2.05) is 6.92 Å². The van der Waals surface area contributed by atoms with Crippen molar-refractivity contribution in [3.05, 3.63) is 77.1 Å². The molecule has 0 atom stereocenters. The minimum Gasteiger partial charge on any atom is -0.366 e. The van der Waals surface area contributed by atoms with Gasteiger partial charge in [-0.25, -0.2) is 4.98 Å². The first-order valence-corrected chi connectivity index (χ1v) is 9.35. The molecule has 9 heteroatoms. The highest BCUT2D eigenvalue weighted by Crippen LogP contribution is 2.39. The van der Waals surface area contributed by atoms with Gasteiger partial charge in [0, 0.05) is 23.0 Å². The number of nitrogens with two attached hydrogens (primary N) is 1. The van der Waals surface area contributed by atoms with Crippen LogP contribution in [0.2, 0.25) is 0 Å². The monoisotopic (exact) mass is 425 g/mol. The lowest BCUT2D eigenvalue weighted by Crippen LogP contribution is -2.10. The Morgan fingerprint density at radius 1 is 1.03 bits per heavy atom. The van der Waals surface area contributed by atoms with E-state index in [4.69, 9.17) is 5.73 Å². The summed E-state index contributed by atoms with van der Waals surface area (Å²) in [5.41, 5.74) is 6.95. The molecule has 2 aromatic heterocycles. The van der Waals surface area contributed by atoms with E-state index in [0.29, 0.717) is 28.3 Å². The van der Waals surface area contributed by atoms with Gasteiger partial charge in [0.2, 0.25) is 5.91 Å². The van der Waals surface area contributed by atoms with Gasteiger partial charge in [0.05, 0.1) is 5.56 Å². The number of aryl methyl sites for hydroxylation is 2. The summed E-state index contributed by atoms with van der Waals surface area (Å²) in [4.78, 5) is 15.6. The van der Waals surface area contributed by atoms with Crippen LogP contribution in [0.1, 0.15) is 27.3 Å². The Hall–Kier alpha value is -3.88. The van der Waals surface area contributed by atoms with Crippen molar-refractivity contribution in [3.63, 3.8) is 0 Å². The Morgan fingerprint density at radius 2 is 1.68 bits per heavy atom. The number of hydrogen-bond donors (Lipinski definition) is 2. The summed E-state index contributed by atoms with van der Waals surface area (Å²) < 4.78 is 42.7. The molecule has 0 spiro atoms. The number of benzene rings is 2. The summed E-state index contributed by atoms with van der Waals surface area (Å²) >= 11 is 0. The van der Waals surface area contributed by atoms with E-state index in [2.05, 4.69) is 15.4 Å². The minimum absolute atomic E-state index is 0.0803. The summed E-state index contributed by atoms with van der Waals surface area (Å²) in [7, 11) is 0. The molecular formula is C22H18F3N5O. The van der Waals surface area contributed by atoms with Gasteiger partial charge in [-0.1, -0.05) is 29.8 Å². The summed E-state index contributed by atoms with van der Waals surface area (Å²) in [5.74, 6) is -0.267. The number of hydrogen-bond acceptors (Lipinski definition) is 4. The lowest BCUT2D eigenvalue weighted by molar-refractivity contribution is -0.140. The van der Waals surface area contributed by atoms with Crippen molar-refractivity contribution < 1.29 is 18.0 Å². The van der Waals surface area contributed by atoms with Crippen molar-refractivity contribution in [3.8, 4) is 11.1 Å². The van der Waals surface area contributed by atoms with Gasteiger partial charge >= 0.3 is 6.18 Å². The molecule has 0 aliphatic heterocycles. The topological polar surface area (TPSA) is 85.3 Å². The Bertz CT molecular complexity index is 1280. The second kappa shape index (κ2) is 7.42. The number of anilines is 2. The number of carbonyl (C=O) groups is 1. The quantitative estimate of drug-likeness (QED) is 0.488. The predicted octanol–water partition coefficient (Wildman–Crippen LogP) is 4.87. The molecule has 158 valence electrons. The number of nitrogens with zero attached hydrogens (tertiary/aromatic N) is 3. The first kappa shape index (κ1) is 20.4. The van der Waals surface area contributed by atoms with Gasteiger partial charge in [0.15, 0.2) is 11.3 Å². The van der Waals surface area contributed by atoms with E-state index in [-0.39, 0.29) is 11.2 Å². The zero-order valence-corrected chi connectivity index (χ0v) is 16.7. The molecule has 6 nitrogen and oxygen atoms in total. The van der Waals surface area contributed by atoms with Crippen LogP contribution in [-0.2, 0) is 6.18 Å². The fourth-order valence-corrected chi connectivity index (χ4v) is 3.28. The van der Waals surface area contributed by atoms with Gasteiger partial charge in [0.1, 0.15) is 5.82 Å². The van der Waals surface area contributed by atoms with Gasteiger partial charge < -0.3 is 11.1 Å². The van der Waals surface area contributed by atoms with Gasteiger partial charge in [-0.05, 0) is 43.7 Å². The first-order valence-electron chi connectivity index (χ1n) is 9.35. The molecule has 3 N–H and O–H groups in total. The lowest BCUT2D eigenvalue weighted by atomic mass is 10.0. The Morgan fingerprint density at radius 3 is 2.26 bits per heavy atom. The number of halogens is 3. The highest BCUT2D eigenvalue weighted by Gasteiger charge is 2.39. The Balaban J connectivity index is 1.90. The maximum Gasteiger partial charge on any atom is 0.435 e. The van der Waals surface area contributed by atoms with Crippen LogP contribution in [0.3, 0.4) is 0 Å². The second-order valence-electron chi connectivity index (χ2n) is 7.17. The smallest absolute Gasteiger partial charge is 0.366 e. The molecule has 4 aromatic rings. The van der Waals surface area contributed by atoms with Gasteiger partial charge in [-0.15, -0.1) is 0 Å². The minimum atomic E-state index is -4.66. The molecule has 0 bridgehead atoms. The average molecular weight is 425 g/mol. The number of alkyl halides is 3. The van der Waals surface area contributed by atoms with Crippen molar-refractivity contribution in [1.82, 2.24) is 14.6 Å². The third-order valence-corrected chi connectivity index (χ3v) is 4.77. The van der Waals surface area contributed by atoms with Crippen molar-refractivity contribution in [2.75, 3.05) is 5.32 Å². The van der Waals surface area contributed by atoms with Crippen LogP contribution in [0.5, 0.6) is 0 Å². The second-order valence-corrected chi connectivity index (χ2v) is 7.17. The number of rotatable bonds is 4. The Kier molecular flexibility index (Phi) is 4.88. The molecule has 0 saturated carbocycles. The van der Waals surface area contributed by atoms with Crippen LogP contribution in [0.4, 0.5) is 24.7 Å². The maximum absolute atomic E-state index is 13.9. The number of carbonyl (C=O) groups excluding carboxylic acids is 1. The standard InChI is InChI=1S/C22H18F3N5O/c1-12-3-5-14(6-4-12)18-19(22(23,24)25)29-30-17(11-13(2)27-21(18)30)28-16-9-7-15(8-10-16)20(26)31/h3-11,28H,1-2H3,(H2,26,31). The molecule has 1 amide bonds. The fraction of sp³-hybridized carbons (Fsp3) is 0.136. The fourth-order valence-electron chi connectivity index (χ4n) is 3.28. The predicted molar refractivity (Wildman–Crippen MR) is 111 cm³/mol. The van der Waals surface area contributed by atoms with E-state index < -0.39 is 17.8 Å². The van der Waals surface area contributed by atoms with Crippen molar-refractivity contribution in [1.29, 1.82) is 0 Å². The SMILES string of the molecule is Cc1ccc(-c2c(C(F)(F)F)nn3c(Nc4ccc(C(N)=O)cc4)cc(C)nc23)cc1. The zero-order chi connectivity index (χ0) is 22.3.